The van der Waals surface area contributed by atoms with Crippen molar-refractivity contribution in [3.05, 3.63) is 35.3 Å². The van der Waals surface area contributed by atoms with Gasteiger partial charge in [0.05, 0.1) is 24.6 Å². The molecule has 0 radical (unpaired) electrons. The van der Waals surface area contributed by atoms with Crippen LogP contribution in [0.2, 0.25) is 0 Å². The zero-order valence-electron chi connectivity index (χ0n) is 17.5. The van der Waals surface area contributed by atoms with Crippen LogP contribution in [0.5, 0.6) is 0 Å². The van der Waals surface area contributed by atoms with Crippen LogP contribution in [0, 0.1) is 13.8 Å². The Hall–Kier alpha value is -3.07. The summed E-state index contributed by atoms with van der Waals surface area (Å²) >= 11 is 0. The van der Waals surface area contributed by atoms with Gasteiger partial charge in [0, 0.05) is 38.4 Å². The first-order valence-corrected chi connectivity index (χ1v) is 10.5. The normalized spacial score (nSPS) is 17.5. The highest BCUT2D eigenvalue weighted by Gasteiger charge is 2.19. The zero-order chi connectivity index (χ0) is 20.5. The SMILES string of the molecule is Cc1ncc(C)n2nc(/C=C/c3nc(N4CCCC4)cc(N4CCOCC4)n3)nc12. The van der Waals surface area contributed by atoms with Gasteiger partial charge in [-0.15, -0.1) is 5.10 Å². The van der Waals surface area contributed by atoms with E-state index in [4.69, 9.17) is 14.7 Å². The van der Waals surface area contributed by atoms with Crippen molar-refractivity contribution in [3.8, 4) is 0 Å². The molecule has 0 spiro atoms. The van der Waals surface area contributed by atoms with E-state index < -0.39 is 0 Å². The molecular formula is C21H26N8O. The second-order valence-corrected chi connectivity index (χ2v) is 7.76. The minimum atomic E-state index is 0.622. The van der Waals surface area contributed by atoms with Gasteiger partial charge >= 0.3 is 0 Å². The average Bonchev–Trinajstić information content (AvgIpc) is 3.46. The summed E-state index contributed by atoms with van der Waals surface area (Å²) in [5, 5.41) is 4.59. The van der Waals surface area contributed by atoms with Gasteiger partial charge in [-0.3, -0.25) is 4.98 Å². The van der Waals surface area contributed by atoms with Crippen LogP contribution in [0.3, 0.4) is 0 Å². The molecule has 0 atom stereocenters. The molecule has 2 aliphatic rings. The minimum absolute atomic E-state index is 0.622. The maximum atomic E-state index is 5.50. The second-order valence-electron chi connectivity index (χ2n) is 7.76. The number of fused-ring (bicyclic) bond motifs is 1. The molecular weight excluding hydrogens is 380 g/mol. The molecule has 0 aromatic carbocycles. The largest absolute Gasteiger partial charge is 0.378 e. The zero-order valence-corrected chi connectivity index (χ0v) is 17.5. The lowest BCUT2D eigenvalue weighted by atomic mass is 10.3. The highest BCUT2D eigenvalue weighted by atomic mass is 16.5. The van der Waals surface area contributed by atoms with Gasteiger partial charge in [0.25, 0.3) is 0 Å². The third kappa shape index (κ3) is 3.72. The van der Waals surface area contributed by atoms with E-state index in [2.05, 4.69) is 30.9 Å². The number of morpholine rings is 1. The summed E-state index contributed by atoms with van der Waals surface area (Å²) < 4.78 is 7.32. The highest BCUT2D eigenvalue weighted by molar-refractivity contribution is 5.66. The van der Waals surface area contributed by atoms with Gasteiger partial charge in [0.2, 0.25) is 0 Å². The first-order valence-electron chi connectivity index (χ1n) is 10.5. The van der Waals surface area contributed by atoms with Crippen LogP contribution < -0.4 is 9.80 Å². The lowest BCUT2D eigenvalue weighted by Crippen LogP contribution is -2.37. The minimum Gasteiger partial charge on any atom is -0.378 e. The van der Waals surface area contributed by atoms with Crippen LogP contribution in [0.1, 0.15) is 35.9 Å². The molecule has 0 bridgehead atoms. The van der Waals surface area contributed by atoms with E-state index in [9.17, 15) is 0 Å². The molecule has 156 valence electrons. The molecule has 0 unspecified atom stereocenters. The van der Waals surface area contributed by atoms with Crippen molar-refractivity contribution < 1.29 is 4.74 Å². The Balaban J connectivity index is 1.48. The molecule has 9 nitrogen and oxygen atoms in total. The molecule has 5 heterocycles. The molecule has 2 fully saturated rings. The standard InChI is InChI=1S/C21H26N8O/c1-15-14-22-16(2)21-25-18(26-29(15)21)6-5-17-23-19(27-7-3-4-8-27)13-20(24-17)28-9-11-30-12-10-28/h5-6,13-14H,3-4,7-12H2,1-2H3/b6-5+. The summed E-state index contributed by atoms with van der Waals surface area (Å²) in [6.07, 6.45) is 8.00. The van der Waals surface area contributed by atoms with Crippen molar-refractivity contribution in [2.75, 3.05) is 49.2 Å². The van der Waals surface area contributed by atoms with Gasteiger partial charge < -0.3 is 14.5 Å². The number of rotatable bonds is 4. The average molecular weight is 406 g/mol. The summed E-state index contributed by atoms with van der Waals surface area (Å²) in [7, 11) is 0. The summed E-state index contributed by atoms with van der Waals surface area (Å²) in [5.74, 6) is 3.24. The summed E-state index contributed by atoms with van der Waals surface area (Å²) in [4.78, 5) is 23.2. The van der Waals surface area contributed by atoms with E-state index in [1.807, 2.05) is 36.7 Å². The van der Waals surface area contributed by atoms with Gasteiger partial charge in [-0.1, -0.05) is 0 Å². The second kappa shape index (κ2) is 7.98. The number of nitrogens with zero attached hydrogens (tertiary/aromatic N) is 8. The molecule has 2 saturated heterocycles. The summed E-state index contributed by atoms with van der Waals surface area (Å²) in [6, 6.07) is 2.11. The van der Waals surface area contributed by atoms with E-state index in [1.54, 1.807) is 0 Å². The fourth-order valence-electron chi connectivity index (χ4n) is 3.91. The van der Waals surface area contributed by atoms with Gasteiger partial charge in [-0.05, 0) is 38.8 Å². The van der Waals surface area contributed by atoms with Crippen molar-refractivity contribution in [3.63, 3.8) is 0 Å². The Labute approximate surface area is 175 Å². The number of anilines is 2. The molecule has 3 aromatic rings. The van der Waals surface area contributed by atoms with Crippen molar-refractivity contribution in [2.24, 2.45) is 0 Å². The van der Waals surface area contributed by atoms with E-state index in [0.29, 0.717) is 11.6 Å². The van der Waals surface area contributed by atoms with Crippen LogP contribution in [-0.2, 0) is 4.74 Å². The van der Waals surface area contributed by atoms with Crippen LogP contribution in [0.15, 0.2) is 12.3 Å². The highest BCUT2D eigenvalue weighted by Crippen LogP contribution is 2.24. The molecule has 0 N–H and O–H groups in total. The fourth-order valence-corrected chi connectivity index (χ4v) is 3.91. The Morgan fingerprint density at radius 3 is 2.23 bits per heavy atom. The molecule has 0 saturated carbocycles. The molecule has 30 heavy (non-hydrogen) atoms. The predicted molar refractivity (Wildman–Crippen MR) is 116 cm³/mol. The first-order chi connectivity index (χ1) is 14.7. The van der Waals surface area contributed by atoms with Gasteiger partial charge in [0.15, 0.2) is 17.3 Å². The van der Waals surface area contributed by atoms with Crippen molar-refractivity contribution >= 4 is 29.4 Å². The van der Waals surface area contributed by atoms with Crippen molar-refractivity contribution in [2.45, 2.75) is 26.7 Å². The topological polar surface area (TPSA) is 84.6 Å². The number of hydrogen-bond donors (Lipinski definition) is 0. The Bertz CT molecular complexity index is 1040. The monoisotopic (exact) mass is 406 g/mol. The smallest absolute Gasteiger partial charge is 0.177 e. The third-order valence-corrected chi connectivity index (χ3v) is 5.59. The fraction of sp³-hybridized carbons (Fsp3) is 0.476. The van der Waals surface area contributed by atoms with Crippen LogP contribution in [0.25, 0.3) is 17.8 Å². The Morgan fingerprint density at radius 2 is 1.53 bits per heavy atom. The summed E-state index contributed by atoms with van der Waals surface area (Å²) in [6.45, 7) is 9.15. The van der Waals surface area contributed by atoms with Crippen molar-refractivity contribution in [1.82, 2.24) is 29.5 Å². The maximum absolute atomic E-state index is 5.50. The number of ether oxygens (including phenoxy) is 1. The van der Waals surface area contributed by atoms with Crippen molar-refractivity contribution in [1.29, 1.82) is 0 Å². The number of aryl methyl sites for hydroxylation is 2. The third-order valence-electron chi connectivity index (χ3n) is 5.59. The molecule has 5 rings (SSSR count). The lowest BCUT2D eigenvalue weighted by Gasteiger charge is -2.29. The van der Waals surface area contributed by atoms with E-state index in [1.165, 1.54) is 12.8 Å². The number of aromatic nitrogens is 6. The van der Waals surface area contributed by atoms with E-state index >= 15 is 0 Å². The van der Waals surface area contributed by atoms with E-state index in [0.717, 1.165) is 68.1 Å². The van der Waals surface area contributed by atoms with E-state index in [-0.39, 0.29) is 0 Å². The Kier molecular flexibility index (Phi) is 5.04. The molecule has 2 aliphatic heterocycles. The quantitative estimate of drug-likeness (QED) is 0.652. The predicted octanol–water partition coefficient (Wildman–Crippen LogP) is 2.14. The number of hydrogen-bond acceptors (Lipinski definition) is 8. The molecule has 9 heteroatoms. The first kappa shape index (κ1) is 18.9. The maximum Gasteiger partial charge on any atom is 0.177 e. The molecule has 0 amide bonds. The van der Waals surface area contributed by atoms with Gasteiger partial charge in [0.1, 0.15) is 11.6 Å². The lowest BCUT2D eigenvalue weighted by molar-refractivity contribution is 0.122. The van der Waals surface area contributed by atoms with Crippen LogP contribution in [-0.4, -0.2) is 68.9 Å². The Morgan fingerprint density at radius 1 is 0.867 bits per heavy atom. The molecule has 0 aliphatic carbocycles. The molecule has 3 aromatic heterocycles. The summed E-state index contributed by atoms with van der Waals surface area (Å²) in [5.41, 5.74) is 2.58. The van der Waals surface area contributed by atoms with Gasteiger partial charge in [-0.25, -0.2) is 19.5 Å². The van der Waals surface area contributed by atoms with Crippen LogP contribution in [0.4, 0.5) is 11.6 Å². The van der Waals surface area contributed by atoms with Crippen LogP contribution >= 0.6 is 0 Å². The van der Waals surface area contributed by atoms with Gasteiger partial charge in [-0.2, -0.15) is 0 Å².